The highest BCUT2D eigenvalue weighted by molar-refractivity contribution is 5.98. The normalized spacial score (nSPS) is 15.7. The van der Waals surface area contributed by atoms with Crippen LogP contribution >= 0.6 is 0 Å². The van der Waals surface area contributed by atoms with Crippen molar-refractivity contribution in [2.24, 2.45) is 0 Å². The molecule has 1 unspecified atom stereocenters. The molecule has 1 aliphatic carbocycles. The molecule has 27 heavy (non-hydrogen) atoms. The monoisotopic (exact) mass is 388 g/mol. The maximum Gasteiger partial charge on any atom is 0.573 e. The van der Waals surface area contributed by atoms with E-state index in [1.54, 1.807) is 0 Å². The third kappa shape index (κ3) is 6.80. The van der Waals surface area contributed by atoms with Crippen LogP contribution in [0.25, 0.3) is 0 Å². The number of urea groups is 1. The second-order valence-corrected chi connectivity index (χ2v) is 6.06. The molecule has 1 aliphatic rings. The molecule has 2 N–H and O–H groups in total. The van der Waals surface area contributed by atoms with Gasteiger partial charge in [-0.15, -0.1) is 13.2 Å². The van der Waals surface area contributed by atoms with Crippen molar-refractivity contribution in [3.8, 4) is 5.75 Å². The fraction of sp³-hybridized carbons (Fsp3) is 0.471. The van der Waals surface area contributed by atoms with Crippen LogP contribution in [0, 0.1) is 0 Å². The summed E-state index contributed by atoms with van der Waals surface area (Å²) in [5.41, 5.74) is -0.0698. The number of hydrogen-bond donors (Lipinski definition) is 2. The number of ether oxygens (including phenoxy) is 2. The van der Waals surface area contributed by atoms with E-state index in [2.05, 4.69) is 15.4 Å². The molecule has 148 valence electrons. The van der Waals surface area contributed by atoms with Crippen LogP contribution < -0.4 is 15.4 Å². The van der Waals surface area contributed by atoms with Crippen LogP contribution in [0.1, 0.15) is 43.0 Å². The van der Waals surface area contributed by atoms with Crippen molar-refractivity contribution < 1.29 is 37.0 Å². The molecule has 1 aromatic carbocycles. The minimum absolute atomic E-state index is 0.0214. The highest BCUT2D eigenvalue weighted by Crippen LogP contribution is 2.23. The molecule has 1 aromatic rings. The summed E-state index contributed by atoms with van der Waals surface area (Å²) in [6.45, 7) is 1.28. The summed E-state index contributed by atoms with van der Waals surface area (Å²) >= 11 is 0. The number of hydrogen-bond acceptors (Lipinski definition) is 5. The average Bonchev–Trinajstić information content (AvgIpc) is 3.06. The van der Waals surface area contributed by atoms with Crippen LogP contribution in [-0.2, 0) is 9.53 Å². The standard InChI is InChI=1S/C17H19F3N2O5/c1-10(14(23)22-16(25)21-12-4-2-3-5-12)26-15(24)11-6-8-13(9-7-11)27-17(18,19)20/h6-10,12H,2-5H2,1H3,(H2,21,22,23,25). The molecular formula is C17H19F3N2O5. The number of imide groups is 1. The van der Waals surface area contributed by atoms with Gasteiger partial charge in [0.05, 0.1) is 5.56 Å². The summed E-state index contributed by atoms with van der Waals surface area (Å²) in [7, 11) is 0. The Morgan fingerprint density at radius 3 is 2.26 bits per heavy atom. The van der Waals surface area contributed by atoms with Gasteiger partial charge in [-0.1, -0.05) is 12.8 Å². The maximum absolute atomic E-state index is 12.1. The Kier molecular flexibility index (Phi) is 6.65. The van der Waals surface area contributed by atoms with Crippen molar-refractivity contribution in [2.75, 3.05) is 0 Å². The molecule has 7 nitrogen and oxygen atoms in total. The summed E-state index contributed by atoms with van der Waals surface area (Å²) < 4.78 is 44.9. The lowest BCUT2D eigenvalue weighted by Crippen LogP contribution is -2.47. The van der Waals surface area contributed by atoms with E-state index in [1.165, 1.54) is 6.92 Å². The van der Waals surface area contributed by atoms with Gasteiger partial charge in [-0.2, -0.15) is 0 Å². The molecule has 0 aliphatic heterocycles. The highest BCUT2D eigenvalue weighted by Gasteiger charge is 2.31. The second kappa shape index (κ2) is 8.74. The molecule has 3 amide bonds. The van der Waals surface area contributed by atoms with Crippen molar-refractivity contribution in [1.82, 2.24) is 10.6 Å². The van der Waals surface area contributed by atoms with Gasteiger partial charge in [0.2, 0.25) is 0 Å². The summed E-state index contributed by atoms with van der Waals surface area (Å²) in [5, 5.41) is 4.74. The maximum atomic E-state index is 12.1. The zero-order valence-electron chi connectivity index (χ0n) is 14.5. The number of esters is 1. The van der Waals surface area contributed by atoms with E-state index in [4.69, 9.17) is 4.74 Å². The van der Waals surface area contributed by atoms with Crippen LogP contribution in [0.3, 0.4) is 0 Å². The molecule has 0 radical (unpaired) electrons. The predicted molar refractivity (Wildman–Crippen MR) is 86.9 cm³/mol. The van der Waals surface area contributed by atoms with E-state index in [0.29, 0.717) is 0 Å². The summed E-state index contributed by atoms with van der Waals surface area (Å²) in [6, 6.07) is 3.40. The molecule has 0 bridgehead atoms. The molecule has 2 rings (SSSR count). The molecule has 1 fully saturated rings. The minimum Gasteiger partial charge on any atom is -0.449 e. The van der Waals surface area contributed by atoms with Crippen LogP contribution in [0.2, 0.25) is 0 Å². The van der Waals surface area contributed by atoms with Gasteiger partial charge < -0.3 is 14.8 Å². The first-order valence-electron chi connectivity index (χ1n) is 8.32. The van der Waals surface area contributed by atoms with Gasteiger partial charge in [-0.3, -0.25) is 10.1 Å². The number of rotatable bonds is 5. The van der Waals surface area contributed by atoms with Gasteiger partial charge in [-0.05, 0) is 44.0 Å². The first kappa shape index (κ1) is 20.5. The van der Waals surface area contributed by atoms with Crippen molar-refractivity contribution in [3.05, 3.63) is 29.8 Å². The lowest BCUT2D eigenvalue weighted by Gasteiger charge is -2.15. The Bertz CT molecular complexity index is 685. The molecule has 0 aromatic heterocycles. The summed E-state index contributed by atoms with van der Waals surface area (Å²) in [6.07, 6.45) is -2.38. The number of halogens is 3. The fourth-order valence-electron chi connectivity index (χ4n) is 2.58. The Balaban J connectivity index is 1.83. The zero-order chi connectivity index (χ0) is 20.0. The smallest absolute Gasteiger partial charge is 0.449 e. The molecule has 1 saturated carbocycles. The van der Waals surface area contributed by atoms with Crippen molar-refractivity contribution >= 4 is 17.9 Å². The van der Waals surface area contributed by atoms with Gasteiger partial charge in [0.15, 0.2) is 6.10 Å². The van der Waals surface area contributed by atoms with Crippen LogP contribution in [0.4, 0.5) is 18.0 Å². The lowest BCUT2D eigenvalue weighted by atomic mass is 10.2. The SMILES string of the molecule is CC(OC(=O)c1ccc(OC(F)(F)F)cc1)C(=O)NC(=O)NC1CCCC1. The van der Waals surface area contributed by atoms with Gasteiger partial charge in [-0.25, -0.2) is 9.59 Å². The van der Waals surface area contributed by atoms with Crippen molar-refractivity contribution in [1.29, 1.82) is 0 Å². The number of carbonyl (C=O) groups excluding carboxylic acids is 3. The van der Waals surface area contributed by atoms with Crippen LogP contribution in [0.15, 0.2) is 24.3 Å². The van der Waals surface area contributed by atoms with E-state index in [-0.39, 0.29) is 11.6 Å². The quantitative estimate of drug-likeness (QED) is 0.757. The molecule has 10 heteroatoms. The van der Waals surface area contributed by atoms with Gasteiger partial charge in [0, 0.05) is 6.04 Å². The van der Waals surface area contributed by atoms with Crippen molar-refractivity contribution in [3.63, 3.8) is 0 Å². The first-order valence-corrected chi connectivity index (χ1v) is 8.32. The first-order chi connectivity index (χ1) is 12.6. The number of alkyl halides is 3. The van der Waals surface area contributed by atoms with E-state index in [9.17, 15) is 27.6 Å². The number of amides is 3. The minimum atomic E-state index is -4.84. The molecular weight excluding hydrogens is 369 g/mol. The molecule has 0 heterocycles. The Hall–Kier alpha value is -2.78. The Morgan fingerprint density at radius 2 is 1.70 bits per heavy atom. The molecule has 0 spiro atoms. The van der Waals surface area contributed by atoms with E-state index >= 15 is 0 Å². The number of nitrogens with one attached hydrogen (secondary N) is 2. The van der Waals surface area contributed by atoms with Crippen LogP contribution in [0.5, 0.6) is 5.75 Å². The lowest BCUT2D eigenvalue weighted by molar-refractivity contribution is -0.274. The average molecular weight is 388 g/mol. The number of benzene rings is 1. The van der Waals surface area contributed by atoms with Gasteiger partial charge >= 0.3 is 18.4 Å². The van der Waals surface area contributed by atoms with Gasteiger partial charge in [0.25, 0.3) is 5.91 Å². The third-order valence-corrected chi connectivity index (χ3v) is 3.90. The topological polar surface area (TPSA) is 93.7 Å². The molecule has 0 saturated heterocycles. The predicted octanol–water partition coefficient (Wildman–Crippen LogP) is 2.90. The summed E-state index contributed by atoms with van der Waals surface area (Å²) in [4.78, 5) is 35.6. The largest absolute Gasteiger partial charge is 0.573 e. The van der Waals surface area contributed by atoms with E-state index < -0.39 is 36.1 Å². The zero-order valence-corrected chi connectivity index (χ0v) is 14.5. The van der Waals surface area contributed by atoms with Gasteiger partial charge in [0.1, 0.15) is 5.75 Å². The van der Waals surface area contributed by atoms with Crippen molar-refractivity contribution in [2.45, 2.75) is 51.1 Å². The summed E-state index contributed by atoms with van der Waals surface area (Å²) in [5.74, 6) is -2.23. The Labute approximate surface area is 153 Å². The number of carbonyl (C=O) groups is 3. The second-order valence-electron chi connectivity index (χ2n) is 6.06. The van der Waals surface area contributed by atoms with E-state index in [0.717, 1.165) is 49.9 Å². The third-order valence-electron chi connectivity index (χ3n) is 3.90. The highest BCUT2D eigenvalue weighted by atomic mass is 19.4. The Morgan fingerprint density at radius 1 is 1.11 bits per heavy atom. The van der Waals surface area contributed by atoms with E-state index in [1.807, 2.05) is 0 Å². The fourth-order valence-corrected chi connectivity index (χ4v) is 2.58. The van der Waals surface area contributed by atoms with Crippen LogP contribution in [-0.4, -0.2) is 36.4 Å². The molecule has 1 atom stereocenters.